The van der Waals surface area contributed by atoms with Gasteiger partial charge in [-0.1, -0.05) is 33.6 Å². The van der Waals surface area contributed by atoms with Crippen LogP contribution in [0.2, 0.25) is 0 Å². The monoisotopic (exact) mass is 254 g/mol. The Kier molecular flexibility index (Phi) is 2.34. The molecule has 0 saturated heterocycles. The van der Waals surface area contributed by atoms with Gasteiger partial charge in [0.25, 0.3) is 0 Å². The molecule has 14 heavy (non-hydrogen) atoms. The predicted octanol–water partition coefficient (Wildman–Crippen LogP) is 3.99. The summed E-state index contributed by atoms with van der Waals surface area (Å²) in [5.41, 5.74) is 2.51. The quantitative estimate of drug-likeness (QED) is 0.637. The van der Waals surface area contributed by atoms with Gasteiger partial charge in [0.1, 0.15) is 11.4 Å². The Labute approximate surface area is 93.6 Å². The Morgan fingerprint density at radius 1 is 1.43 bits per heavy atom. The average Bonchev–Trinajstić information content (AvgIpc) is 2.05. The minimum Gasteiger partial charge on any atom is -0.487 e. The van der Waals surface area contributed by atoms with Crippen LogP contribution in [0.5, 0.6) is 5.75 Å². The van der Waals surface area contributed by atoms with Crippen molar-refractivity contribution in [1.82, 2.24) is 0 Å². The molecule has 0 aromatic heterocycles. The maximum atomic E-state index is 5.91. The molecule has 1 atom stereocenters. The molecule has 1 heterocycles. The van der Waals surface area contributed by atoms with Crippen LogP contribution in [0.15, 0.2) is 18.2 Å². The van der Waals surface area contributed by atoms with Crippen molar-refractivity contribution < 1.29 is 4.74 Å². The summed E-state index contributed by atoms with van der Waals surface area (Å²) in [6.07, 6.45) is 1.02. The molecule has 0 aliphatic carbocycles. The number of hydrogen-bond donors (Lipinski definition) is 0. The van der Waals surface area contributed by atoms with Crippen molar-refractivity contribution in [1.29, 1.82) is 0 Å². The van der Waals surface area contributed by atoms with Crippen LogP contribution in [0, 0.1) is 6.92 Å². The molecule has 0 fully saturated rings. The molecule has 1 aromatic rings. The van der Waals surface area contributed by atoms with Crippen LogP contribution in [-0.2, 0) is 0 Å². The molecule has 0 bridgehead atoms. The number of rotatable bonds is 0. The summed E-state index contributed by atoms with van der Waals surface area (Å²) in [5, 5.41) is 0. The van der Waals surface area contributed by atoms with E-state index < -0.39 is 0 Å². The molecule has 76 valence electrons. The molecule has 1 aliphatic rings. The first-order valence-electron chi connectivity index (χ1n) is 4.91. The molecule has 1 aromatic carbocycles. The number of alkyl halides is 1. The summed E-state index contributed by atoms with van der Waals surface area (Å²) in [4.78, 5) is 0.418. The van der Waals surface area contributed by atoms with Gasteiger partial charge in [0.15, 0.2) is 0 Å². The number of fused-ring (bicyclic) bond motifs is 1. The molecule has 2 rings (SSSR count). The van der Waals surface area contributed by atoms with Crippen LogP contribution in [0.25, 0.3) is 0 Å². The maximum absolute atomic E-state index is 5.91. The van der Waals surface area contributed by atoms with Crippen LogP contribution in [-0.4, -0.2) is 5.60 Å². The van der Waals surface area contributed by atoms with E-state index in [1.807, 2.05) is 0 Å². The lowest BCUT2D eigenvalue weighted by molar-refractivity contribution is 0.0842. The SMILES string of the molecule is Cc1ccc2c(c1)C(Br)CC(C)(C)O2. The number of benzene rings is 1. The van der Waals surface area contributed by atoms with Crippen molar-refractivity contribution in [2.24, 2.45) is 0 Å². The lowest BCUT2D eigenvalue weighted by atomic mass is 9.93. The largest absolute Gasteiger partial charge is 0.487 e. The Morgan fingerprint density at radius 2 is 2.14 bits per heavy atom. The molecule has 2 heteroatoms. The van der Waals surface area contributed by atoms with Crippen molar-refractivity contribution in [3.63, 3.8) is 0 Å². The lowest BCUT2D eigenvalue weighted by Crippen LogP contribution is -2.33. The van der Waals surface area contributed by atoms with Gasteiger partial charge in [0.05, 0.1) is 0 Å². The zero-order valence-corrected chi connectivity index (χ0v) is 10.4. The smallest absolute Gasteiger partial charge is 0.124 e. The van der Waals surface area contributed by atoms with Gasteiger partial charge in [-0.15, -0.1) is 0 Å². The first-order chi connectivity index (χ1) is 6.48. The van der Waals surface area contributed by atoms with Crippen molar-refractivity contribution in [3.05, 3.63) is 29.3 Å². The molecule has 0 amide bonds. The zero-order chi connectivity index (χ0) is 10.3. The topological polar surface area (TPSA) is 9.23 Å². The highest BCUT2D eigenvalue weighted by Gasteiger charge is 2.32. The van der Waals surface area contributed by atoms with Gasteiger partial charge in [0.2, 0.25) is 0 Å². The van der Waals surface area contributed by atoms with E-state index in [1.54, 1.807) is 0 Å². The van der Waals surface area contributed by atoms with Crippen molar-refractivity contribution >= 4 is 15.9 Å². The first kappa shape index (κ1) is 10.0. The molecule has 0 spiro atoms. The lowest BCUT2D eigenvalue weighted by Gasteiger charge is -2.35. The summed E-state index contributed by atoms with van der Waals surface area (Å²) < 4.78 is 5.91. The van der Waals surface area contributed by atoms with E-state index in [0.29, 0.717) is 4.83 Å². The molecular formula is C12H15BrO. The molecule has 1 unspecified atom stereocenters. The molecular weight excluding hydrogens is 240 g/mol. The third-order valence-corrected chi connectivity index (χ3v) is 3.38. The van der Waals surface area contributed by atoms with Crippen LogP contribution in [0.4, 0.5) is 0 Å². The van der Waals surface area contributed by atoms with Gasteiger partial charge in [-0.25, -0.2) is 0 Å². The third kappa shape index (κ3) is 1.81. The predicted molar refractivity (Wildman–Crippen MR) is 62.2 cm³/mol. The summed E-state index contributed by atoms with van der Waals surface area (Å²) in [6, 6.07) is 6.36. The fourth-order valence-corrected chi connectivity index (χ4v) is 3.02. The molecule has 1 aliphatic heterocycles. The summed E-state index contributed by atoms with van der Waals surface area (Å²) >= 11 is 3.72. The maximum Gasteiger partial charge on any atom is 0.124 e. The zero-order valence-electron chi connectivity index (χ0n) is 8.80. The van der Waals surface area contributed by atoms with Crippen LogP contribution in [0.1, 0.15) is 36.2 Å². The van der Waals surface area contributed by atoms with E-state index in [9.17, 15) is 0 Å². The van der Waals surface area contributed by atoms with E-state index in [2.05, 4.69) is 54.9 Å². The normalized spacial score (nSPS) is 23.9. The standard InChI is InChI=1S/C12H15BrO/c1-8-4-5-11-9(6-8)10(13)7-12(2,3)14-11/h4-6,10H,7H2,1-3H3. The van der Waals surface area contributed by atoms with Gasteiger partial charge in [-0.3, -0.25) is 0 Å². The highest BCUT2D eigenvalue weighted by Crippen LogP contribution is 2.44. The van der Waals surface area contributed by atoms with Gasteiger partial charge in [-0.2, -0.15) is 0 Å². The van der Waals surface area contributed by atoms with Gasteiger partial charge >= 0.3 is 0 Å². The number of halogens is 1. The molecule has 1 nitrogen and oxygen atoms in total. The summed E-state index contributed by atoms with van der Waals surface area (Å²) in [6.45, 7) is 6.37. The van der Waals surface area contributed by atoms with Gasteiger partial charge in [0, 0.05) is 16.8 Å². The number of ether oxygens (including phenoxy) is 1. The third-order valence-electron chi connectivity index (χ3n) is 2.56. The Hall–Kier alpha value is -0.500. The molecule has 0 saturated carbocycles. The Morgan fingerprint density at radius 3 is 2.86 bits per heavy atom. The molecule has 0 radical (unpaired) electrons. The Bertz CT molecular complexity index is 357. The highest BCUT2D eigenvalue weighted by molar-refractivity contribution is 9.09. The molecule has 0 N–H and O–H groups in total. The average molecular weight is 255 g/mol. The highest BCUT2D eigenvalue weighted by atomic mass is 79.9. The fourth-order valence-electron chi connectivity index (χ4n) is 1.89. The van der Waals surface area contributed by atoms with E-state index in [4.69, 9.17) is 4.74 Å². The Balaban J connectivity index is 2.45. The minimum absolute atomic E-state index is 0.0591. The fraction of sp³-hybridized carbons (Fsp3) is 0.500. The van der Waals surface area contributed by atoms with Crippen molar-refractivity contribution in [3.8, 4) is 5.75 Å². The second-order valence-corrected chi connectivity index (χ2v) is 5.68. The van der Waals surface area contributed by atoms with Crippen LogP contribution >= 0.6 is 15.9 Å². The van der Waals surface area contributed by atoms with E-state index >= 15 is 0 Å². The summed E-state index contributed by atoms with van der Waals surface area (Å²) in [5.74, 6) is 1.02. The van der Waals surface area contributed by atoms with E-state index in [0.717, 1.165) is 12.2 Å². The van der Waals surface area contributed by atoms with Gasteiger partial charge < -0.3 is 4.74 Å². The van der Waals surface area contributed by atoms with Crippen molar-refractivity contribution in [2.75, 3.05) is 0 Å². The van der Waals surface area contributed by atoms with Gasteiger partial charge in [-0.05, 0) is 26.8 Å². The van der Waals surface area contributed by atoms with Crippen molar-refractivity contribution in [2.45, 2.75) is 37.6 Å². The van der Waals surface area contributed by atoms with E-state index in [-0.39, 0.29) is 5.60 Å². The second-order valence-electron chi connectivity index (χ2n) is 4.57. The number of hydrogen-bond acceptors (Lipinski definition) is 1. The number of aryl methyl sites for hydroxylation is 1. The second kappa shape index (κ2) is 3.27. The van der Waals surface area contributed by atoms with Crippen LogP contribution < -0.4 is 4.74 Å². The van der Waals surface area contributed by atoms with E-state index in [1.165, 1.54) is 11.1 Å². The minimum atomic E-state index is -0.0591. The first-order valence-corrected chi connectivity index (χ1v) is 5.83. The van der Waals surface area contributed by atoms with Crippen LogP contribution in [0.3, 0.4) is 0 Å². The summed E-state index contributed by atoms with van der Waals surface area (Å²) in [7, 11) is 0.